The van der Waals surface area contributed by atoms with Gasteiger partial charge in [0.1, 0.15) is 5.75 Å². The molecule has 0 saturated heterocycles. The highest BCUT2D eigenvalue weighted by atomic mass is 16.3. The number of carbonyl (C=O) groups is 1. The Labute approximate surface area is 118 Å². The lowest BCUT2D eigenvalue weighted by Crippen LogP contribution is -2.34. The van der Waals surface area contributed by atoms with Gasteiger partial charge in [-0.05, 0) is 37.5 Å². The third-order valence-corrected chi connectivity index (χ3v) is 3.15. The van der Waals surface area contributed by atoms with Crippen LogP contribution in [0.1, 0.15) is 28.4 Å². The van der Waals surface area contributed by atoms with E-state index in [4.69, 9.17) is 0 Å². The van der Waals surface area contributed by atoms with Crippen LogP contribution >= 0.6 is 0 Å². The van der Waals surface area contributed by atoms with Crippen molar-refractivity contribution in [3.63, 3.8) is 0 Å². The Morgan fingerprint density at radius 3 is 2.80 bits per heavy atom. The van der Waals surface area contributed by atoms with Crippen LogP contribution in [0, 0.1) is 6.92 Å². The number of aryl methyl sites for hydroxylation is 1. The molecule has 1 amide bonds. The number of benzene rings is 1. The number of hydrogen-bond acceptors (Lipinski definition) is 3. The first-order valence-corrected chi connectivity index (χ1v) is 6.55. The van der Waals surface area contributed by atoms with E-state index in [-0.39, 0.29) is 17.7 Å². The Kier molecular flexibility index (Phi) is 4.35. The molecule has 0 aliphatic heterocycles. The zero-order valence-corrected chi connectivity index (χ0v) is 11.6. The van der Waals surface area contributed by atoms with Crippen molar-refractivity contribution in [1.29, 1.82) is 0 Å². The molecule has 1 unspecified atom stereocenters. The highest BCUT2D eigenvalue weighted by Crippen LogP contribution is 2.11. The molecule has 2 N–H and O–H groups in total. The maximum atomic E-state index is 12.0. The van der Waals surface area contributed by atoms with E-state index in [1.165, 1.54) is 29.6 Å². The molecule has 104 valence electrons. The predicted octanol–water partition coefficient (Wildman–Crippen LogP) is 2.46. The molecule has 4 nitrogen and oxygen atoms in total. The van der Waals surface area contributed by atoms with Gasteiger partial charge in [0.05, 0.1) is 11.8 Å². The van der Waals surface area contributed by atoms with Gasteiger partial charge in [-0.3, -0.25) is 9.78 Å². The van der Waals surface area contributed by atoms with Gasteiger partial charge in [0.25, 0.3) is 5.91 Å². The van der Waals surface area contributed by atoms with Gasteiger partial charge in [0, 0.05) is 12.2 Å². The number of rotatable bonds is 4. The van der Waals surface area contributed by atoms with Crippen LogP contribution in [0.15, 0.2) is 42.7 Å². The number of nitrogens with one attached hydrogen (secondary N) is 1. The van der Waals surface area contributed by atoms with Gasteiger partial charge in [-0.2, -0.15) is 0 Å². The van der Waals surface area contributed by atoms with Crippen LogP contribution in [-0.4, -0.2) is 22.0 Å². The summed E-state index contributed by atoms with van der Waals surface area (Å²) in [5.74, 6) is -0.237. The third-order valence-electron chi connectivity index (χ3n) is 3.15. The minimum absolute atomic E-state index is 0.00551. The Hall–Kier alpha value is -2.36. The van der Waals surface area contributed by atoms with Crippen molar-refractivity contribution in [3.05, 3.63) is 59.4 Å². The van der Waals surface area contributed by atoms with E-state index < -0.39 is 0 Å². The molecular formula is C16H18N2O2. The Balaban J connectivity index is 2.00. The lowest BCUT2D eigenvalue weighted by molar-refractivity contribution is 0.0939. The maximum Gasteiger partial charge on any atom is 0.253 e. The molecule has 2 aromatic rings. The highest BCUT2D eigenvalue weighted by molar-refractivity contribution is 5.94. The van der Waals surface area contributed by atoms with Crippen LogP contribution in [0.25, 0.3) is 0 Å². The zero-order chi connectivity index (χ0) is 14.5. The first-order chi connectivity index (χ1) is 9.56. The molecule has 0 spiro atoms. The van der Waals surface area contributed by atoms with Gasteiger partial charge in [0.2, 0.25) is 0 Å². The van der Waals surface area contributed by atoms with Crippen molar-refractivity contribution in [2.24, 2.45) is 0 Å². The molecule has 1 heterocycles. The minimum atomic E-state index is -0.227. The lowest BCUT2D eigenvalue weighted by atomic mass is 10.0. The first kappa shape index (κ1) is 14.1. The van der Waals surface area contributed by atoms with Gasteiger partial charge < -0.3 is 10.4 Å². The van der Waals surface area contributed by atoms with Crippen molar-refractivity contribution in [2.75, 3.05) is 0 Å². The Morgan fingerprint density at radius 2 is 2.10 bits per heavy atom. The van der Waals surface area contributed by atoms with Gasteiger partial charge in [-0.15, -0.1) is 0 Å². The summed E-state index contributed by atoms with van der Waals surface area (Å²) in [7, 11) is 0. The summed E-state index contributed by atoms with van der Waals surface area (Å²) >= 11 is 0. The van der Waals surface area contributed by atoms with Gasteiger partial charge in [0.15, 0.2) is 0 Å². The largest absolute Gasteiger partial charge is 0.506 e. The molecule has 2 rings (SSSR count). The van der Waals surface area contributed by atoms with Gasteiger partial charge in [-0.1, -0.05) is 24.3 Å². The zero-order valence-electron chi connectivity index (χ0n) is 11.6. The monoisotopic (exact) mass is 270 g/mol. The predicted molar refractivity (Wildman–Crippen MR) is 77.7 cm³/mol. The number of aromatic hydroxyl groups is 1. The number of nitrogens with zero attached hydrogens (tertiary/aromatic N) is 1. The molecule has 0 aliphatic carbocycles. The lowest BCUT2D eigenvalue weighted by Gasteiger charge is -2.15. The number of amides is 1. The summed E-state index contributed by atoms with van der Waals surface area (Å²) in [6.07, 6.45) is 3.51. The topological polar surface area (TPSA) is 62.2 Å². The molecule has 0 radical (unpaired) electrons. The number of aromatic nitrogens is 1. The van der Waals surface area contributed by atoms with E-state index in [1.807, 2.05) is 19.1 Å². The summed E-state index contributed by atoms with van der Waals surface area (Å²) in [6.45, 7) is 4.02. The smallest absolute Gasteiger partial charge is 0.253 e. The second-order valence-corrected chi connectivity index (χ2v) is 4.94. The molecule has 4 heteroatoms. The van der Waals surface area contributed by atoms with Crippen LogP contribution in [0.4, 0.5) is 0 Å². The van der Waals surface area contributed by atoms with Gasteiger partial charge in [-0.25, -0.2) is 0 Å². The molecule has 1 aromatic heterocycles. The molecule has 0 saturated carbocycles. The molecular weight excluding hydrogens is 252 g/mol. The molecule has 1 aromatic carbocycles. The van der Waals surface area contributed by atoms with Gasteiger partial charge >= 0.3 is 0 Å². The molecule has 1 atom stereocenters. The van der Waals surface area contributed by atoms with Crippen molar-refractivity contribution in [2.45, 2.75) is 26.3 Å². The molecule has 0 bridgehead atoms. The van der Waals surface area contributed by atoms with E-state index in [0.29, 0.717) is 5.56 Å². The van der Waals surface area contributed by atoms with Crippen molar-refractivity contribution in [1.82, 2.24) is 10.3 Å². The fourth-order valence-corrected chi connectivity index (χ4v) is 2.08. The van der Waals surface area contributed by atoms with Crippen molar-refractivity contribution >= 4 is 5.91 Å². The second-order valence-electron chi connectivity index (χ2n) is 4.94. The van der Waals surface area contributed by atoms with E-state index in [1.54, 1.807) is 0 Å². The number of pyridine rings is 1. The molecule has 0 aliphatic rings. The highest BCUT2D eigenvalue weighted by Gasteiger charge is 2.12. The van der Waals surface area contributed by atoms with Crippen LogP contribution in [0.2, 0.25) is 0 Å². The standard InChI is InChI=1S/C16H18N2O2/c1-11-5-3-4-6-13(11)7-12(2)18-16(20)14-8-15(19)10-17-9-14/h3-6,8-10,12,19H,7H2,1-2H3,(H,18,20). The van der Waals surface area contributed by atoms with Crippen molar-refractivity contribution in [3.8, 4) is 5.75 Å². The maximum absolute atomic E-state index is 12.0. The Morgan fingerprint density at radius 1 is 1.35 bits per heavy atom. The summed E-state index contributed by atoms with van der Waals surface area (Å²) < 4.78 is 0. The average molecular weight is 270 g/mol. The minimum Gasteiger partial charge on any atom is -0.506 e. The van der Waals surface area contributed by atoms with E-state index in [0.717, 1.165) is 6.42 Å². The van der Waals surface area contributed by atoms with Crippen LogP contribution < -0.4 is 5.32 Å². The van der Waals surface area contributed by atoms with Crippen LogP contribution in [0.5, 0.6) is 5.75 Å². The summed E-state index contributed by atoms with van der Waals surface area (Å²) in [4.78, 5) is 15.8. The van der Waals surface area contributed by atoms with Crippen LogP contribution in [0.3, 0.4) is 0 Å². The van der Waals surface area contributed by atoms with E-state index in [2.05, 4.69) is 29.4 Å². The number of carbonyl (C=O) groups excluding carboxylic acids is 1. The average Bonchev–Trinajstić information content (AvgIpc) is 2.41. The normalized spacial score (nSPS) is 11.9. The molecule has 0 fully saturated rings. The van der Waals surface area contributed by atoms with Crippen molar-refractivity contribution < 1.29 is 9.90 Å². The van der Waals surface area contributed by atoms with E-state index in [9.17, 15) is 9.90 Å². The van der Waals surface area contributed by atoms with E-state index >= 15 is 0 Å². The molecule has 20 heavy (non-hydrogen) atoms. The van der Waals surface area contributed by atoms with Crippen LogP contribution in [-0.2, 0) is 6.42 Å². The SMILES string of the molecule is Cc1ccccc1CC(C)NC(=O)c1cncc(O)c1. The second kappa shape index (κ2) is 6.19. The summed E-state index contributed by atoms with van der Waals surface area (Å²) in [6, 6.07) is 9.53. The first-order valence-electron chi connectivity index (χ1n) is 6.55. The number of hydrogen-bond donors (Lipinski definition) is 2. The quantitative estimate of drug-likeness (QED) is 0.897. The summed E-state index contributed by atoms with van der Waals surface area (Å²) in [5.41, 5.74) is 2.79. The fraction of sp³-hybridized carbons (Fsp3) is 0.250. The Bertz CT molecular complexity index is 611. The summed E-state index contributed by atoms with van der Waals surface area (Å²) in [5, 5.41) is 12.2. The third kappa shape index (κ3) is 3.57. The fourth-order valence-electron chi connectivity index (χ4n) is 2.08.